The fourth-order valence-electron chi connectivity index (χ4n) is 1.92. The monoisotopic (exact) mass is 260 g/mol. The number of aromatic nitrogens is 2. The van der Waals surface area contributed by atoms with Crippen molar-refractivity contribution < 1.29 is 10.1 Å². The Morgan fingerprint density at radius 3 is 2.53 bits per heavy atom. The van der Waals surface area contributed by atoms with Crippen LogP contribution in [0.15, 0.2) is 30.3 Å². The second-order valence-corrected chi connectivity index (χ2v) is 5.61. The summed E-state index contributed by atoms with van der Waals surface area (Å²) < 4.78 is 7.23. The van der Waals surface area contributed by atoms with Gasteiger partial charge >= 0.3 is 0 Å². The lowest BCUT2D eigenvalue weighted by Crippen LogP contribution is -2.73. The van der Waals surface area contributed by atoms with Crippen molar-refractivity contribution in [1.82, 2.24) is 9.78 Å². The Kier molecular flexibility index (Phi) is 3.62. The first kappa shape index (κ1) is 13.6. The van der Waals surface area contributed by atoms with Crippen LogP contribution in [0, 0.1) is 0 Å². The summed E-state index contributed by atoms with van der Waals surface area (Å²) in [6, 6.07) is 10.1. The van der Waals surface area contributed by atoms with Crippen LogP contribution in [0.1, 0.15) is 26.5 Å². The minimum absolute atomic E-state index is 0.0435. The summed E-state index contributed by atoms with van der Waals surface area (Å²) in [4.78, 5) is 0. The van der Waals surface area contributed by atoms with Gasteiger partial charge in [-0.1, -0.05) is 26.8 Å². The predicted octanol–water partition coefficient (Wildman–Crippen LogP) is 2.00. The van der Waals surface area contributed by atoms with Crippen molar-refractivity contribution in [2.24, 2.45) is 0 Å². The molecule has 4 nitrogen and oxygen atoms in total. The van der Waals surface area contributed by atoms with Gasteiger partial charge < -0.3 is 4.74 Å². The number of nitrogens with two attached hydrogens (primary N) is 1. The molecule has 2 rings (SSSR count). The van der Waals surface area contributed by atoms with Crippen LogP contribution < -0.4 is 10.1 Å². The zero-order chi connectivity index (χ0) is 14.0. The van der Waals surface area contributed by atoms with Gasteiger partial charge in [-0.3, -0.25) is 5.32 Å². The third-order valence-electron chi connectivity index (χ3n) is 3.10. The minimum Gasteiger partial charge on any atom is -0.497 e. The molecule has 0 saturated heterocycles. The molecule has 2 aromatic rings. The Morgan fingerprint density at radius 2 is 1.95 bits per heavy atom. The largest absolute Gasteiger partial charge is 0.497 e. The second kappa shape index (κ2) is 5.05. The molecule has 0 spiro atoms. The molecule has 19 heavy (non-hydrogen) atoms. The van der Waals surface area contributed by atoms with Gasteiger partial charge in [0.2, 0.25) is 5.82 Å². The Bertz CT molecular complexity index is 567. The second-order valence-electron chi connectivity index (χ2n) is 5.61. The van der Waals surface area contributed by atoms with E-state index < -0.39 is 0 Å². The summed E-state index contributed by atoms with van der Waals surface area (Å²) in [6.45, 7) is 6.51. The molecule has 0 atom stereocenters. The fraction of sp³-hybridized carbons (Fsp3) is 0.400. The van der Waals surface area contributed by atoms with Gasteiger partial charge in [-0.2, -0.15) is 9.78 Å². The maximum absolute atomic E-state index is 5.27. The van der Waals surface area contributed by atoms with Crippen molar-refractivity contribution in [2.75, 3.05) is 14.2 Å². The van der Waals surface area contributed by atoms with Gasteiger partial charge in [-0.05, 0) is 12.1 Å². The van der Waals surface area contributed by atoms with Crippen molar-refractivity contribution >= 4 is 5.82 Å². The molecule has 0 saturated carbocycles. The lowest BCUT2D eigenvalue weighted by atomic mass is 9.92. The van der Waals surface area contributed by atoms with E-state index in [0.29, 0.717) is 0 Å². The van der Waals surface area contributed by atoms with Gasteiger partial charge in [0.25, 0.3) is 0 Å². The van der Waals surface area contributed by atoms with E-state index in [1.807, 2.05) is 36.0 Å². The molecule has 0 radical (unpaired) electrons. The lowest BCUT2D eigenvalue weighted by molar-refractivity contribution is -0.544. The summed E-state index contributed by atoms with van der Waals surface area (Å²) in [5.74, 6) is 1.94. The zero-order valence-corrected chi connectivity index (χ0v) is 12.3. The molecule has 0 aliphatic carbocycles. The zero-order valence-electron chi connectivity index (χ0n) is 12.3. The number of benzene rings is 1. The standard InChI is InChI=1S/C15H21N3O/c1-15(2,3)13-10-14(16-4)18(17-13)11-7-6-8-12(9-11)19-5/h6-10,16H,1-5H3/p+1. The summed E-state index contributed by atoms with van der Waals surface area (Å²) in [6.07, 6.45) is 0. The Labute approximate surface area is 114 Å². The third-order valence-corrected chi connectivity index (χ3v) is 3.10. The topological polar surface area (TPSA) is 43.7 Å². The van der Waals surface area contributed by atoms with Crippen LogP contribution in [0.5, 0.6) is 5.75 Å². The molecule has 0 unspecified atom stereocenters. The van der Waals surface area contributed by atoms with Crippen LogP contribution in [-0.2, 0) is 5.41 Å². The third kappa shape index (κ3) is 2.79. The van der Waals surface area contributed by atoms with Crippen molar-refractivity contribution in [3.05, 3.63) is 36.0 Å². The SMILES string of the molecule is C[NH2+]c1cc(C(C)(C)C)nn1-c1cccc(OC)c1. The first-order chi connectivity index (χ1) is 8.95. The number of hydrogen-bond acceptors (Lipinski definition) is 2. The molecule has 0 aliphatic rings. The number of ether oxygens (including phenoxy) is 1. The van der Waals surface area contributed by atoms with E-state index in [1.54, 1.807) is 7.11 Å². The molecule has 0 aliphatic heterocycles. The van der Waals surface area contributed by atoms with Gasteiger partial charge in [-0.25, -0.2) is 0 Å². The summed E-state index contributed by atoms with van der Waals surface area (Å²) in [5.41, 5.74) is 2.15. The summed E-state index contributed by atoms with van der Waals surface area (Å²) >= 11 is 0. The number of methoxy groups -OCH3 is 1. The Hall–Kier alpha value is -1.81. The van der Waals surface area contributed by atoms with Crippen LogP contribution in [0.4, 0.5) is 5.82 Å². The smallest absolute Gasteiger partial charge is 0.227 e. The van der Waals surface area contributed by atoms with Crippen LogP contribution in [0.2, 0.25) is 0 Å². The van der Waals surface area contributed by atoms with E-state index in [2.05, 4.69) is 32.2 Å². The van der Waals surface area contributed by atoms with Gasteiger partial charge in [0.05, 0.1) is 25.5 Å². The minimum atomic E-state index is 0.0435. The van der Waals surface area contributed by atoms with Crippen molar-refractivity contribution in [3.63, 3.8) is 0 Å². The summed E-state index contributed by atoms with van der Waals surface area (Å²) in [7, 11) is 3.70. The molecular weight excluding hydrogens is 238 g/mol. The Balaban J connectivity index is 2.51. The maximum atomic E-state index is 5.27. The van der Waals surface area contributed by atoms with E-state index in [-0.39, 0.29) is 5.41 Å². The normalized spacial score (nSPS) is 11.6. The maximum Gasteiger partial charge on any atom is 0.227 e. The van der Waals surface area contributed by atoms with E-state index in [1.165, 1.54) is 0 Å². The predicted molar refractivity (Wildman–Crippen MR) is 76.3 cm³/mol. The molecule has 1 heterocycles. The molecule has 4 heteroatoms. The molecule has 0 fully saturated rings. The van der Waals surface area contributed by atoms with E-state index >= 15 is 0 Å². The number of quaternary nitrogens is 1. The van der Waals surface area contributed by atoms with E-state index in [0.717, 1.165) is 22.9 Å². The molecule has 2 N–H and O–H groups in total. The van der Waals surface area contributed by atoms with Crippen molar-refractivity contribution in [3.8, 4) is 11.4 Å². The molecular formula is C15H22N3O+. The van der Waals surface area contributed by atoms with Gasteiger partial charge in [0.15, 0.2) is 0 Å². The number of hydrogen-bond donors (Lipinski definition) is 1. The van der Waals surface area contributed by atoms with Crippen molar-refractivity contribution in [2.45, 2.75) is 26.2 Å². The highest BCUT2D eigenvalue weighted by Gasteiger charge is 2.21. The van der Waals surface area contributed by atoms with Gasteiger partial charge in [-0.15, -0.1) is 0 Å². The number of rotatable bonds is 3. The molecule has 1 aromatic carbocycles. The average Bonchev–Trinajstić information content (AvgIpc) is 2.83. The highest BCUT2D eigenvalue weighted by atomic mass is 16.5. The molecule has 1 aromatic heterocycles. The quantitative estimate of drug-likeness (QED) is 0.917. The van der Waals surface area contributed by atoms with Crippen LogP contribution in [0.3, 0.4) is 0 Å². The molecule has 102 valence electrons. The van der Waals surface area contributed by atoms with Crippen LogP contribution in [0.25, 0.3) is 5.69 Å². The highest BCUT2D eigenvalue weighted by molar-refractivity contribution is 5.43. The fourth-order valence-corrected chi connectivity index (χ4v) is 1.92. The number of nitrogens with zero attached hydrogens (tertiary/aromatic N) is 2. The van der Waals surface area contributed by atoms with E-state index in [9.17, 15) is 0 Å². The highest BCUT2D eigenvalue weighted by Crippen LogP contribution is 2.25. The first-order valence-corrected chi connectivity index (χ1v) is 6.50. The van der Waals surface area contributed by atoms with Crippen LogP contribution in [-0.4, -0.2) is 23.9 Å². The van der Waals surface area contributed by atoms with Crippen molar-refractivity contribution in [1.29, 1.82) is 0 Å². The Morgan fingerprint density at radius 1 is 1.21 bits per heavy atom. The summed E-state index contributed by atoms with van der Waals surface area (Å²) in [5, 5.41) is 6.80. The van der Waals surface area contributed by atoms with Gasteiger partial charge in [0.1, 0.15) is 5.75 Å². The average molecular weight is 260 g/mol. The lowest BCUT2D eigenvalue weighted by Gasteiger charge is -2.13. The van der Waals surface area contributed by atoms with Gasteiger partial charge in [0, 0.05) is 17.5 Å². The van der Waals surface area contributed by atoms with Crippen LogP contribution >= 0.6 is 0 Å². The first-order valence-electron chi connectivity index (χ1n) is 6.50. The van der Waals surface area contributed by atoms with E-state index in [4.69, 9.17) is 9.84 Å². The molecule has 0 bridgehead atoms. The molecule has 0 amide bonds.